The van der Waals surface area contributed by atoms with Gasteiger partial charge < -0.3 is 5.32 Å². The van der Waals surface area contributed by atoms with Gasteiger partial charge in [-0.25, -0.2) is 9.59 Å². The van der Waals surface area contributed by atoms with Gasteiger partial charge in [0, 0.05) is 31.0 Å². The number of urea groups is 1. The lowest BCUT2D eigenvalue weighted by molar-refractivity contribution is -0.131. The number of hydrogen-bond acceptors (Lipinski definition) is 6. The van der Waals surface area contributed by atoms with Crippen LogP contribution in [0, 0.1) is 0 Å². The Balaban J connectivity index is 1.55. The van der Waals surface area contributed by atoms with Crippen molar-refractivity contribution in [2.75, 3.05) is 6.54 Å². The predicted octanol–water partition coefficient (Wildman–Crippen LogP) is 0.763. The van der Waals surface area contributed by atoms with E-state index in [0.717, 1.165) is 12.8 Å². The molecule has 25 heavy (non-hydrogen) atoms. The third-order valence-corrected chi connectivity index (χ3v) is 4.86. The molecule has 1 aliphatic heterocycles. The van der Waals surface area contributed by atoms with Crippen LogP contribution < -0.4 is 11.1 Å². The van der Waals surface area contributed by atoms with Crippen molar-refractivity contribution in [2.24, 2.45) is 0 Å². The Labute approximate surface area is 142 Å². The fourth-order valence-electron chi connectivity index (χ4n) is 3.56. The van der Waals surface area contributed by atoms with Crippen molar-refractivity contribution in [3.8, 4) is 11.4 Å². The minimum absolute atomic E-state index is 0.0841. The second kappa shape index (κ2) is 5.83. The average Bonchev–Trinajstić information content (AvgIpc) is 3.29. The van der Waals surface area contributed by atoms with E-state index in [1.165, 1.54) is 9.47 Å². The molecule has 3 heterocycles. The van der Waals surface area contributed by atoms with Crippen LogP contribution >= 0.6 is 0 Å². The predicted molar refractivity (Wildman–Crippen MR) is 85.4 cm³/mol. The maximum Gasteiger partial charge on any atom is 0.441 e. The summed E-state index contributed by atoms with van der Waals surface area (Å²) in [7, 11) is 0. The molecule has 1 saturated carbocycles. The molecule has 4 rings (SSSR count). The van der Waals surface area contributed by atoms with E-state index in [-0.39, 0.29) is 19.0 Å². The Morgan fingerprint density at radius 2 is 2.00 bits per heavy atom. The summed E-state index contributed by atoms with van der Waals surface area (Å²) in [5.74, 6) is -0.523. The third kappa shape index (κ3) is 2.51. The van der Waals surface area contributed by atoms with Crippen LogP contribution in [0.2, 0.25) is 0 Å². The third-order valence-electron chi connectivity index (χ3n) is 4.86. The van der Waals surface area contributed by atoms with E-state index in [2.05, 4.69) is 15.5 Å². The van der Waals surface area contributed by atoms with Crippen molar-refractivity contribution in [2.45, 2.75) is 37.8 Å². The molecule has 0 atom stereocenters. The lowest BCUT2D eigenvalue weighted by Gasteiger charge is -2.20. The topological polar surface area (TPSA) is 110 Å². The van der Waals surface area contributed by atoms with Crippen molar-refractivity contribution in [1.82, 2.24) is 24.9 Å². The highest BCUT2D eigenvalue weighted by Crippen LogP contribution is 2.34. The highest BCUT2D eigenvalue weighted by Gasteiger charge is 2.52. The standard InChI is InChI=1S/C16H17N5O4/c22-13-16(5-1-2-6-16)18-14(23)21(13)9-8-20-12(19-25-15(20)24)11-4-3-7-17-10-11/h3-4,7,10H,1-2,5-6,8-9H2,(H,18,23). The minimum atomic E-state index is -0.747. The molecule has 1 saturated heterocycles. The van der Waals surface area contributed by atoms with Crippen LogP contribution in [-0.4, -0.2) is 43.6 Å². The van der Waals surface area contributed by atoms with Gasteiger partial charge in [0.15, 0.2) is 5.82 Å². The van der Waals surface area contributed by atoms with Crippen molar-refractivity contribution >= 4 is 11.9 Å². The number of aromatic nitrogens is 3. The molecule has 130 valence electrons. The molecule has 3 amide bonds. The maximum atomic E-state index is 12.6. The SMILES string of the molecule is O=C1NC2(CCCC2)C(=O)N1CCn1c(-c2cccnc2)noc1=O. The first-order valence-electron chi connectivity index (χ1n) is 8.22. The van der Waals surface area contributed by atoms with Gasteiger partial charge >= 0.3 is 11.8 Å². The quantitative estimate of drug-likeness (QED) is 0.821. The van der Waals surface area contributed by atoms with Crippen molar-refractivity contribution < 1.29 is 14.1 Å². The van der Waals surface area contributed by atoms with Crippen molar-refractivity contribution in [1.29, 1.82) is 0 Å². The van der Waals surface area contributed by atoms with Gasteiger partial charge in [-0.1, -0.05) is 18.0 Å². The molecule has 1 N–H and O–H groups in total. The number of amides is 3. The number of imide groups is 1. The second-order valence-electron chi connectivity index (χ2n) is 6.34. The summed E-state index contributed by atoms with van der Waals surface area (Å²) in [6, 6.07) is 3.07. The smallest absolute Gasteiger partial charge is 0.323 e. The number of rotatable bonds is 4. The molecule has 2 fully saturated rings. The molecule has 2 aliphatic rings. The van der Waals surface area contributed by atoms with Crippen LogP contribution in [0.25, 0.3) is 11.4 Å². The number of carbonyl (C=O) groups excluding carboxylic acids is 2. The lowest BCUT2D eigenvalue weighted by atomic mass is 9.98. The first kappa shape index (κ1) is 15.6. The molecule has 0 bridgehead atoms. The largest absolute Gasteiger partial charge is 0.441 e. The lowest BCUT2D eigenvalue weighted by Crippen LogP contribution is -2.44. The number of carbonyl (C=O) groups is 2. The zero-order valence-corrected chi connectivity index (χ0v) is 13.5. The van der Waals surface area contributed by atoms with E-state index in [9.17, 15) is 14.4 Å². The van der Waals surface area contributed by atoms with Gasteiger partial charge in [-0.15, -0.1) is 0 Å². The highest BCUT2D eigenvalue weighted by atomic mass is 16.5. The van der Waals surface area contributed by atoms with E-state index in [4.69, 9.17) is 4.52 Å². The van der Waals surface area contributed by atoms with Gasteiger partial charge in [0.2, 0.25) is 0 Å². The van der Waals surface area contributed by atoms with Crippen molar-refractivity contribution in [3.05, 3.63) is 35.1 Å². The Hall–Kier alpha value is -2.97. The van der Waals surface area contributed by atoms with Gasteiger partial charge in [-0.2, -0.15) is 0 Å². The summed E-state index contributed by atoms with van der Waals surface area (Å²) in [6.45, 7) is 0.197. The number of pyridine rings is 1. The summed E-state index contributed by atoms with van der Waals surface area (Å²) in [6.07, 6.45) is 6.37. The van der Waals surface area contributed by atoms with Crippen LogP contribution in [0.3, 0.4) is 0 Å². The first-order valence-corrected chi connectivity index (χ1v) is 8.22. The molecule has 0 radical (unpaired) electrons. The summed E-state index contributed by atoms with van der Waals surface area (Å²) < 4.78 is 6.04. The van der Waals surface area contributed by atoms with Crippen LogP contribution in [0.1, 0.15) is 25.7 Å². The molecule has 1 spiro atoms. The van der Waals surface area contributed by atoms with Crippen LogP contribution in [0.4, 0.5) is 4.79 Å². The van der Waals surface area contributed by atoms with E-state index >= 15 is 0 Å². The molecular formula is C16H17N5O4. The first-order chi connectivity index (χ1) is 12.1. The van der Waals surface area contributed by atoms with Gasteiger partial charge in [-0.3, -0.25) is 23.8 Å². The fraction of sp³-hybridized carbons (Fsp3) is 0.438. The Morgan fingerprint density at radius 1 is 1.20 bits per heavy atom. The van der Waals surface area contributed by atoms with Gasteiger partial charge in [0.1, 0.15) is 5.54 Å². The monoisotopic (exact) mass is 343 g/mol. The Bertz CT molecular complexity index is 866. The molecule has 1 aliphatic carbocycles. The van der Waals surface area contributed by atoms with E-state index in [0.29, 0.717) is 24.2 Å². The molecule has 0 unspecified atom stereocenters. The maximum absolute atomic E-state index is 12.6. The zero-order valence-electron chi connectivity index (χ0n) is 13.5. The number of nitrogens with zero attached hydrogens (tertiary/aromatic N) is 4. The molecular weight excluding hydrogens is 326 g/mol. The number of hydrogen-bond donors (Lipinski definition) is 1. The second-order valence-corrected chi connectivity index (χ2v) is 6.34. The van der Waals surface area contributed by atoms with E-state index in [1.807, 2.05) is 0 Å². The molecule has 2 aromatic rings. The molecule has 9 heteroatoms. The van der Waals surface area contributed by atoms with Crippen LogP contribution in [-0.2, 0) is 11.3 Å². The van der Waals surface area contributed by atoms with Gasteiger partial charge in [0.05, 0.1) is 0 Å². The number of nitrogens with one attached hydrogen (secondary N) is 1. The van der Waals surface area contributed by atoms with E-state index < -0.39 is 17.3 Å². The van der Waals surface area contributed by atoms with Crippen LogP contribution in [0.15, 0.2) is 33.8 Å². The van der Waals surface area contributed by atoms with Crippen LogP contribution in [0.5, 0.6) is 0 Å². The van der Waals surface area contributed by atoms with Gasteiger partial charge in [-0.05, 0) is 25.0 Å². The highest BCUT2D eigenvalue weighted by molar-refractivity contribution is 6.07. The minimum Gasteiger partial charge on any atom is -0.323 e. The molecule has 9 nitrogen and oxygen atoms in total. The average molecular weight is 343 g/mol. The Kier molecular flexibility index (Phi) is 3.63. The molecule has 0 aromatic carbocycles. The fourth-order valence-corrected chi connectivity index (χ4v) is 3.56. The summed E-state index contributed by atoms with van der Waals surface area (Å²) in [4.78, 5) is 42.0. The normalized spacial score (nSPS) is 19.0. The van der Waals surface area contributed by atoms with E-state index in [1.54, 1.807) is 24.5 Å². The summed E-state index contributed by atoms with van der Waals surface area (Å²) in [5.41, 5.74) is -0.124. The van der Waals surface area contributed by atoms with Gasteiger partial charge in [0.25, 0.3) is 5.91 Å². The summed E-state index contributed by atoms with van der Waals surface area (Å²) >= 11 is 0. The summed E-state index contributed by atoms with van der Waals surface area (Å²) in [5, 5.41) is 6.59. The zero-order chi connectivity index (χ0) is 17.4. The van der Waals surface area contributed by atoms with Crippen molar-refractivity contribution in [3.63, 3.8) is 0 Å². The molecule has 2 aromatic heterocycles. The Morgan fingerprint density at radius 3 is 2.72 bits per heavy atom.